The molecule has 2 heterocycles. The fourth-order valence-electron chi connectivity index (χ4n) is 1.72. The van der Waals surface area contributed by atoms with Gasteiger partial charge in [-0.25, -0.2) is 9.78 Å². The van der Waals surface area contributed by atoms with Crippen LogP contribution in [0.1, 0.15) is 25.2 Å². The molecule has 0 aromatic carbocycles. The third kappa shape index (κ3) is 4.78. The zero-order valence-corrected chi connectivity index (χ0v) is 13.0. The maximum absolute atomic E-state index is 11.8. The number of aryl methyl sites for hydroxylation is 1. The number of aromatic nitrogens is 3. The van der Waals surface area contributed by atoms with Gasteiger partial charge in [-0.05, 0) is 30.4 Å². The highest BCUT2D eigenvalue weighted by atomic mass is 32.2. The van der Waals surface area contributed by atoms with Crippen molar-refractivity contribution in [3.63, 3.8) is 0 Å². The summed E-state index contributed by atoms with van der Waals surface area (Å²) >= 11 is 1.66. The van der Waals surface area contributed by atoms with Crippen LogP contribution in [0.2, 0.25) is 0 Å². The van der Waals surface area contributed by atoms with Gasteiger partial charge in [0.15, 0.2) is 0 Å². The third-order valence-corrected chi connectivity index (χ3v) is 3.60. The van der Waals surface area contributed by atoms with Crippen LogP contribution in [-0.2, 0) is 13.0 Å². The molecule has 3 N–H and O–H groups in total. The van der Waals surface area contributed by atoms with Crippen molar-refractivity contribution in [2.45, 2.75) is 31.8 Å². The van der Waals surface area contributed by atoms with Crippen molar-refractivity contribution < 1.29 is 4.79 Å². The monoisotopic (exact) mass is 305 g/mol. The van der Waals surface area contributed by atoms with E-state index in [0.717, 1.165) is 28.6 Å². The van der Waals surface area contributed by atoms with Gasteiger partial charge in [0, 0.05) is 0 Å². The lowest BCUT2D eigenvalue weighted by molar-refractivity contribution is 0.251. The second kappa shape index (κ2) is 7.68. The highest BCUT2D eigenvalue weighted by molar-refractivity contribution is 7.99. The fraction of sp³-hybridized carbons (Fsp3) is 0.357. The minimum atomic E-state index is -0.264. The highest BCUT2D eigenvalue weighted by Gasteiger charge is 2.04. The van der Waals surface area contributed by atoms with E-state index in [4.69, 9.17) is 0 Å². The Balaban J connectivity index is 1.81. The number of H-pyrrole nitrogens is 1. The Morgan fingerprint density at radius 2 is 2.24 bits per heavy atom. The van der Waals surface area contributed by atoms with Gasteiger partial charge in [0.1, 0.15) is 0 Å². The Labute approximate surface area is 128 Å². The van der Waals surface area contributed by atoms with Crippen LogP contribution in [0.4, 0.5) is 10.5 Å². The van der Waals surface area contributed by atoms with Crippen molar-refractivity contribution >= 4 is 23.5 Å². The molecule has 0 bridgehead atoms. The molecule has 21 heavy (non-hydrogen) atoms. The van der Waals surface area contributed by atoms with Gasteiger partial charge < -0.3 is 10.6 Å². The first-order valence-corrected chi connectivity index (χ1v) is 7.86. The SMILES string of the molecule is CCSc1ccc(NC(=O)NCc2cc(CC)n[nH]2)cn1. The average molecular weight is 305 g/mol. The smallest absolute Gasteiger partial charge is 0.319 e. The summed E-state index contributed by atoms with van der Waals surface area (Å²) in [5, 5.41) is 13.5. The molecule has 0 saturated heterocycles. The van der Waals surface area contributed by atoms with E-state index in [2.05, 4.69) is 32.7 Å². The topological polar surface area (TPSA) is 82.7 Å². The van der Waals surface area contributed by atoms with Crippen LogP contribution in [0.25, 0.3) is 0 Å². The zero-order valence-electron chi connectivity index (χ0n) is 12.1. The highest BCUT2D eigenvalue weighted by Crippen LogP contribution is 2.16. The number of urea groups is 1. The summed E-state index contributed by atoms with van der Waals surface area (Å²) < 4.78 is 0. The number of anilines is 1. The molecule has 0 fully saturated rings. The normalized spacial score (nSPS) is 10.4. The number of nitrogens with zero attached hydrogens (tertiary/aromatic N) is 2. The molecule has 0 atom stereocenters. The molecule has 0 aliphatic carbocycles. The van der Waals surface area contributed by atoms with E-state index in [-0.39, 0.29) is 6.03 Å². The maximum Gasteiger partial charge on any atom is 0.319 e. The first-order valence-electron chi connectivity index (χ1n) is 6.88. The van der Waals surface area contributed by atoms with Crippen molar-refractivity contribution in [1.82, 2.24) is 20.5 Å². The number of hydrogen-bond acceptors (Lipinski definition) is 4. The average Bonchev–Trinajstić information content (AvgIpc) is 2.96. The largest absolute Gasteiger partial charge is 0.332 e. The Morgan fingerprint density at radius 1 is 1.38 bits per heavy atom. The third-order valence-electron chi connectivity index (χ3n) is 2.77. The van der Waals surface area contributed by atoms with Gasteiger partial charge in [-0.1, -0.05) is 13.8 Å². The number of nitrogens with one attached hydrogen (secondary N) is 3. The Kier molecular flexibility index (Phi) is 5.62. The summed E-state index contributed by atoms with van der Waals surface area (Å²) in [6.45, 7) is 4.52. The van der Waals surface area contributed by atoms with Crippen LogP contribution < -0.4 is 10.6 Å². The van der Waals surface area contributed by atoms with Crippen LogP contribution in [0.3, 0.4) is 0 Å². The molecule has 2 aromatic heterocycles. The molecule has 2 rings (SSSR count). The molecule has 7 heteroatoms. The number of carbonyl (C=O) groups excluding carboxylic acids is 1. The quantitative estimate of drug-likeness (QED) is 0.717. The lowest BCUT2D eigenvalue weighted by Gasteiger charge is -2.06. The lowest BCUT2D eigenvalue weighted by Crippen LogP contribution is -2.28. The summed E-state index contributed by atoms with van der Waals surface area (Å²) in [6.07, 6.45) is 2.53. The number of carbonyl (C=O) groups is 1. The van der Waals surface area contributed by atoms with Crippen molar-refractivity contribution in [3.05, 3.63) is 35.8 Å². The number of thioether (sulfide) groups is 1. The Bertz CT molecular complexity index is 581. The van der Waals surface area contributed by atoms with Gasteiger partial charge in [-0.15, -0.1) is 11.8 Å². The summed E-state index contributed by atoms with van der Waals surface area (Å²) in [5.74, 6) is 0.976. The number of hydrogen-bond donors (Lipinski definition) is 3. The van der Waals surface area contributed by atoms with Crippen LogP contribution in [0.15, 0.2) is 29.4 Å². The van der Waals surface area contributed by atoms with Crippen LogP contribution in [0.5, 0.6) is 0 Å². The molecule has 2 aromatic rings. The first kappa shape index (κ1) is 15.4. The van der Waals surface area contributed by atoms with Gasteiger partial charge in [-0.3, -0.25) is 5.10 Å². The van der Waals surface area contributed by atoms with E-state index in [1.807, 2.05) is 25.1 Å². The predicted octanol–water partition coefficient (Wildman–Crippen LogP) is 2.80. The number of aromatic amines is 1. The van der Waals surface area contributed by atoms with Crippen LogP contribution >= 0.6 is 11.8 Å². The summed E-state index contributed by atoms with van der Waals surface area (Å²) in [4.78, 5) is 16.0. The van der Waals surface area contributed by atoms with Crippen molar-refractivity contribution in [2.75, 3.05) is 11.1 Å². The maximum atomic E-state index is 11.8. The van der Waals surface area contributed by atoms with E-state index >= 15 is 0 Å². The summed E-state index contributed by atoms with van der Waals surface area (Å²) in [7, 11) is 0. The molecule has 0 aliphatic rings. The first-order chi connectivity index (χ1) is 10.2. The predicted molar refractivity (Wildman–Crippen MR) is 84.5 cm³/mol. The molecule has 112 valence electrons. The van der Waals surface area contributed by atoms with E-state index in [1.165, 1.54) is 0 Å². The van der Waals surface area contributed by atoms with E-state index in [0.29, 0.717) is 12.2 Å². The van der Waals surface area contributed by atoms with Gasteiger partial charge in [0.25, 0.3) is 0 Å². The molecule has 0 aliphatic heterocycles. The molecule has 0 unspecified atom stereocenters. The van der Waals surface area contributed by atoms with E-state index in [9.17, 15) is 4.79 Å². The summed E-state index contributed by atoms with van der Waals surface area (Å²) in [6, 6.07) is 5.42. The minimum absolute atomic E-state index is 0.264. The molecule has 0 spiro atoms. The van der Waals surface area contributed by atoms with Gasteiger partial charge in [0.2, 0.25) is 0 Å². The van der Waals surface area contributed by atoms with Crippen molar-refractivity contribution in [2.24, 2.45) is 0 Å². The van der Waals surface area contributed by atoms with Crippen molar-refractivity contribution in [1.29, 1.82) is 0 Å². The standard InChI is InChI=1S/C14H19N5OS/c1-3-10-7-12(19-18-10)9-16-14(20)17-11-5-6-13(15-8-11)21-4-2/h5-8H,3-4,9H2,1-2H3,(H,18,19)(H2,16,17,20). The molecule has 6 nitrogen and oxygen atoms in total. The molecule has 0 saturated carbocycles. The Morgan fingerprint density at radius 3 is 2.86 bits per heavy atom. The lowest BCUT2D eigenvalue weighted by atomic mass is 10.3. The zero-order chi connectivity index (χ0) is 15.1. The molecular formula is C14H19N5OS. The number of rotatable bonds is 6. The Hall–Kier alpha value is -2.02. The van der Waals surface area contributed by atoms with E-state index in [1.54, 1.807) is 18.0 Å². The van der Waals surface area contributed by atoms with Gasteiger partial charge >= 0.3 is 6.03 Å². The number of pyridine rings is 1. The fourth-order valence-corrected chi connectivity index (χ4v) is 2.31. The second-order valence-electron chi connectivity index (χ2n) is 4.36. The van der Waals surface area contributed by atoms with E-state index < -0.39 is 0 Å². The minimum Gasteiger partial charge on any atom is -0.332 e. The van der Waals surface area contributed by atoms with Gasteiger partial charge in [0.05, 0.1) is 34.8 Å². The van der Waals surface area contributed by atoms with Gasteiger partial charge in [-0.2, -0.15) is 5.10 Å². The molecule has 2 amide bonds. The van der Waals surface area contributed by atoms with Crippen LogP contribution in [-0.4, -0.2) is 27.0 Å². The van der Waals surface area contributed by atoms with Crippen LogP contribution in [0, 0.1) is 0 Å². The second-order valence-corrected chi connectivity index (χ2v) is 5.65. The molecule has 0 radical (unpaired) electrons. The number of amides is 2. The molecular weight excluding hydrogens is 286 g/mol. The summed E-state index contributed by atoms with van der Waals surface area (Å²) in [5.41, 5.74) is 2.54. The van der Waals surface area contributed by atoms with Crippen molar-refractivity contribution in [3.8, 4) is 0 Å².